The highest BCUT2D eigenvalue weighted by Gasteiger charge is 2.04. The van der Waals surface area contributed by atoms with Crippen molar-refractivity contribution in [1.82, 2.24) is 20.3 Å². The molecule has 2 amide bonds. The van der Waals surface area contributed by atoms with E-state index >= 15 is 0 Å². The zero-order valence-corrected chi connectivity index (χ0v) is 13.0. The third-order valence-corrected chi connectivity index (χ3v) is 2.96. The van der Waals surface area contributed by atoms with Crippen molar-refractivity contribution in [3.8, 4) is 0 Å². The van der Waals surface area contributed by atoms with Crippen molar-refractivity contribution in [2.24, 2.45) is 0 Å². The molecular weight excluding hydrogens is 280 g/mol. The third kappa shape index (κ3) is 4.41. The molecule has 0 aromatic carbocycles. The van der Waals surface area contributed by atoms with Gasteiger partial charge >= 0.3 is 6.03 Å². The molecule has 0 fully saturated rings. The minimum Gasteiger partial charge on any atom is -0.363 e. The second kappa shape index (κ2) is 7.35. The first kappa shape index (κ1) is 15.7. The molecule has 7 nitrogen and oxygen atoms in total. The van der Waals surface area contributed by atoms with Crippen molar-refractivity contribution in [2.45, 2.75) is 19.9 Å². The Balaban J connectivity index is 1.88. The van der Waals surface area contributed by atoms with Gasteiger partial charge in [-0.3, -0.25) is 0 Å². The number of rotatable bonds is 5. The predicted molar refractivity (Wildman–Crippen MR) is 85.8 cm³/mol. The van der Waals surface area contributed by atoms with Gasteiger partial charge in [0.15, 0.2) is 0 Å². The fraction of sp³-hybridized carbons (Fsp3) is 0.333. The van der Waals surface area contributed by atoms with Crippen LogP contribution in [-0.4, -0.2) is 35.1 Å². The van der Waals surface area contributed by atoms with E-state index in [0.717, 1.165) is 23.8 Å². The molecular formula is C15H20N6O. The van der Waals surface area contributed by atoms with Gasteiger partial charge in [0.2, 0.25) is 0 Å². The molecule has 0 radical (unpaired) electrons. The fourth-order valence-electron chi connectivity index (χ4n) is 1.76. The lowest BCUT2D eigenvalue weighted by Crippen LogP contribution is -2.28. The van der Waals surface area contributed by atoms with Crippen LogP contribution in [0.25, 0.3) is 0 Å². The molecule has 0 unspecified atom stereocenters. The van der Waals surface area contributed by atoms with Crippen LogP contribution in [-0.2, 0) is 13.0 Å². The Morgan fingerprint density at radius 1 is 1.23 bits per heavy atom. The number of hydrogen-bond donors (Lipinski definition) is 2. The number of pyridine rings is 1. The Bertz CT molecular complexity index is 626. The van der Waals surface area contributed by atoms with E-state index in [9.17, 15) is 4.79 Å². The average Bonchev–Trinajstić information content (AvgIpc) is 2.54. The van der Waals surface area contributed by atoms with Crippen LogP contribution in [0, 0.1) is 0 Å². The fourth-order valence-corrected chi connectivity index (χ4v) is 1.76. The first-order chi connectivity index (χ1) is 10.6. The van der Waals surface area contributed by atoms with Crippen LogP contribution >= 0.6 is 0 Å². The molecule has 0 saturated carbocycles. The van der Waals surface area contributed by atoms with Gasteiger partial charge in [-0.15, -0.1) is 0 Å². The molecule has 0 aliphatic heterocycles. The number of aromatic nitrogens is 3. The van der Waals surface area contributed by atoms with E-state index < -0.39 is 0 Å². The van der Waals surface area contributed by atoms with Crippen LogP contribution in [0.1, 0.15) is 18.4 Å². The minimum atomic E-state index is -0.315. The van der Waals surface area contributed by atoms with E-state index in [2.05, 4.69) is 25.6 Å². The number of amides is 2. The van der Waals surface area contributed by atoms with Crippen molar-refractivity contribution < 1.29 is 4.79 Å². The van der Waals surface area contributed by atoms with Crippen LogP contribution in [0.15, 0.2) is 30.6 Å². The van der Waals surface area contributed by atoms with Crippen molar-refractivity contribution in [3.05, 3.63) is 42.1 Å². The predicted octanol–water partition coefficient (Wildman–Crippen LogP) is 1.82. The van der Waals surface area contributed by atoms with Crippen molar-refractivity contribution in [1.29, 1.82) is 0 Å². The van der Waals surface area contributed by atoms with E-state index in [0.29, 0.717) is 12.2 Å². The van der Waals surface area contributed by atoms with Gasteiger partial charge in [-0.1, -0.05) is 13.0 Å². The van der Waals surface area contributed by atoms with E-state index in [4.69, 9.17) is 0 Å². The Morgan fingerprint density at radius 2 is 1.95 bits per heavy atom. The SMILES string of the molecule is CCc1ncc(NC(=O)NCc2cccc(N(C)C)n2)cn1. The minimum absolute atomic E-state index is 0.315. The van der Waals surface area contributed by atoms with Crippen LogP contribution in [0.3, 0.4) is 0 Å². The average molecular weight is 300 g/mol. The second-order valence-electron chi connectivity index (χ2n) is 4.93. The summed E-state index contributed by atoms with van der Waals surface area (Å²) >= 11 is 0. The lowest BCUT2D eigenvalue weighted by molar-refractivity contribution is 0.251. The molecule has 2 aromatic heterocycles. The van der Waals surface area contributed by atoms with Crippen LogP contribution in [0.2, 0.25) is 0 Å². The highest BCUT2D eigenvalue weighted by atomic mass is 16.2. The molecule has 0 atom stereocenters. The Kier molecular flexibility index (Phi) is 5.24. The maximum absolute atomic E-state index is 11.8. The molecule has 2 rings (SSSR count). The first-order valence-electron chi connectivity index (χ1n) is 7.07. The van der Waals surface area contributed by atoms with Gasteiger partial charge in [0.25, 0.3) is 0 Å². The van der Waals surface area contributed by atoms with E-state index in [-0.39, 0.29) is 6.03 Å². The summed E-state index contributed by atoms with van der Waals surface area (Å²) in [6.45, 7) is 2.32. The summed E-state index contributed by atoms with van der Waals surface area (Å²) < 4.78 is 0. The number of hydrogen-bond acceptors (Lipinski definition) is 5. The Hall–Kier alpha value is -2.70. The quantitative estimate of drug-likeness (QED) is 0.880. The molecule has 0 spiro atoms. The molecule has 7 heteroatoms. The third-order valence-electron chi connectivity index (χ3n) is 2.96. The molecule has 116 valence electrons. The van der Waals surface area contributed by atoms with Crippen LogP contribution in [0.5, 0.6) is 0 Å². The summed E-state index contributed by atoms with van der Waals surface area (Å²) in [5.41, 5.74) is 1.35. The number of nitrogens with one attached hydrogen (secondary N) is 2. The molecule has 22 heavy (non-hydrogen) atoms. The largest absolute Gasteiger partial charge is 0.363 e. The number of carbonyl (C=O) groups is 1. The van der Waals surface area contributed by atoms with Crippen LogP contribution < -0.4 is 15.5 Å². The molecule has 0 bridgehead atoms. The monoisotopic (exact) mass is 300 g/mol. The van der Waals surface area contributed by atoms with Gasteiger partial charge < -0.3 is 15.5 Å². The van der Waals surface area contributed by atoms with Crippen LogP contribution in [0.4, 0.5) is 16.3 Å². The maximum atomic E-state index is 11.8. The molecule has 2 N–H and O–H groups in total. The standard InChI is InChI=1S/C15H20N6O/c1-4-13-16-9-12(10-17-13)20-15(22)18-8-11-6-5-7-14(19-11)21(2)3/h5-7,9-10H,4,8H2,1-3H3,(H2,18,20,22). The number of carbonyl (C=O) groups excluding carboxylic acids is 1. The number of nitrogens with zero attached hydrogens (tertiary/aromatic N) is 4. The first-order valence-corrected chi connectivity index (χ1v) is 7.07. The summed E-state index contributed by atoms with van der Waals surface area (Å²) in [6, 6.07) is 5.38. The normalized spacial score (nSPS) is 10.1. The zero-order chi connectivity index (χ0) is 15.9. The summed E-state index contributed by atoms with van der Waals surface area (Å²) in [5, 5.41) is 5.44. The van der Waals surface area contributed by atoms with Crippen molar-refractivity contribution >= 4 is 17.5 Å². The molecule has 0 aliphatic rings. The van der Waals surface area contributed by atoms with Gasteiger partial charge in [-0.05, 0) is 12.1 Å². The van der Waals surface area contributed by atoms with Gasteiger partial charge in [0, 0.05) is 20.5 Å². The van der Waals surface area contributed by atoms with Gasteiger partial charge in [-0.25, -0.2) is 19.7 Å². The second-order valence-corrected chi connectivity index (χ2v) is 4.93. The van der Waals surface area contributed by atoms with Crippen molar-refractivity contribution in [2.75, 3.05) is 24.3 Å². The highest BCUT2D eigenvalue weighted by molar-refractivity contribution is 5.88. The number of urea groups is 1. The highest BCUT2D eigenvalue weighted by Crippen LogP contribution is 2.08. The number of anilines is 2. The maximum Gasteiger partial charge on any atom is 0.319 e. The lowest BCUT2D eigenvalue weighted by Gasteiger charge is -2.12. The Labute approximate surface area is 129 Å². The molecule has 0 saturated heterocycles. The topological polar surface area (TPSA) is 83.0 Å². The van der Waals surface area contributed by atoms with Crippen molar-refractivity contribution in [3.63, 3.8) is 0 Å². The zero-order valence-electron chi connectivity index (χ0n) is 13.0. The number of aryl methyl sites for hydroxylation is 1. The molecule has 0 aliphatic carbocycles. The summed E-state index contributed by atoms with van der Waals surface area (Å²) in [4.78, 5) is 26.4. The van der Waals surface area contributed by atoms with E-state index in [1.807, 2.05) is 44.1 Å². The van der Waals surface area contributed by atoms with E-state index in [1.54, 1.807) is 12.4 Å². The summed E-state index contributed by atoms with van der Waals surface area (Å²) in [5.74, 6) is 1.60. The molecule has 2 heterocycles. The van der Waals surface area contributed by atoms with Gasteiger partial charge in [0.1, 0.15) is 11.6 Å². The Morgan fingerprint density at radius 3 is 2.59 bits per heavy atom. The lowest BCUT2D eigenvalue weighted by atomic mass is 10.3. The van der Waals surface area contributed by atoms with Gasteiger partial charge in [-0.2, -0.15) is 0 Å². The van der Waals surface area contributed by atoms with E-state index in [1.165, 1.54) is 0 Å². The molecule has 2 aromatic rings. The van der Waals surface area contributed by atoms with Gasteiger partial charge in [0.05, 0.1) is 30.3 Å². The summed E-state index contributed by atoms with van der Waals surface area (Å²) in [7, 11) is 3.85. The summed E-state index contributed by atoms with van der Waals surface area (Å²) in [6.07, 6.45) is 3.95. The smallest absolute Gasteiger partial charge is 0.319 e.